The monoisotopic (exact) mass is 227 g/mol. The third-order valence-corrected chi connectivity index (χ3v) is 3.10. The van der Waals surface area contributed by atoms with E-state index in [-0.39, 0.29) is 11.8 Å². The van der Waals surface area contributed by atoms with Gasteiger partial charge < -0.3 is 10.1 Å². The van der Waals surface area contributed by atoms with Crippen LogP contribution in [0.5, 0.6) is 0 Å². The minimum atomic E-state index is 0.0365. The maximum Gasteiger partial charge on any atom is 0.229 e. The fraction of sp³-hybridized carbons (Fsp3) is 0.667. The lowest BCUT2D eigenvalue weighted by atomic mass is 10.00. The summed E-state index contributed by atoms with van der Waals surface area (Å²) in [5.41, 5.74) is 0. The van der Waals surface area contributed by atoms with Gasteiger partial charge in [0.15, 0.2) is 0 Å². The van der Waals surface area contributed by atoms with E-state index >= 15 is 0 Å². The number of aryl methyl sites for hydroxylation is 1. The molecule has 0 aliphatic carbocycles. The van der Waals surface area contributed by atoms with Crippen molar-refractivity contribution in [3.63, 3.8) is 0 Å². The minimum Gasteiger partial charge on any atom is -0.381 e. The second-order valence-electron chi connectivity index (χ2n) is 3.50. The predicted molar refractivity (Wildman–Crippen MR) is 56.8 cm³/mol. The molecule has 0 saturated carbocycles. The highest BCUT2D eigenvalue weighted by atomic mass is 32.1. The molecule has 1 N–H and O–H groups in total. The molecule has 0 radical (unpaired) electrons. The van der Waals surface area contributed by atoms with Crippen molar-refractivity contribution in [2.45, 2.75) is 19.8 Å². The van der Waals surface area contributed by atoms with E-state index in [0.717, 1.165) is 17.8 Å². The van der Waals surface area contributed by atoms with Gasteiger partial charge in [0.2, 0.25) is 11.0 Å². The van der Waals surface area contributed by atoms with Gasteiger partial charge in [-0.25, -0.2) is 0 Å². The van der Waals surface area contributed by atoms with E-state index in [2.05, 4.69) is 15.5 Å². The summed E-state index contributed by atoms with van der Waals surface area (Å²) in [6.07, 6.45) is 1.59. The highest BCUT2D eigenvalue weighted by molar-refractivity contribution is 7.15. The van der Waals surface area contributed by atoms with Crippen molar-refractivity contribution in [3.05, 3.63) is 5.01 Å². The Labute approximate surface area is 91.9 Å². The molecule has 82 valence electrons. The lowest BCUT2D eigenvalue weighted by Crippen LogP contribution is -2.28. The number of amides is 1. The van der Waals surface area contributed by atoms with Crippen molar-refractivity contribution < 1.29 is 9.53 Å². The molecule has 0 spiro atoms. The number of ether oxygens (including phenoxy) is 1. The second-order valence-corrected chi connectivity index (χ2v) is 4.68. The topological polar surface area (TPSA) is 64.1 Å². The number of carbonyl (C=O) groups is 1. The van der Waals surface area contributed by atoms with Gasteiger partial charge in [0.25, 0.3) is 0 Å². The molecular formula is C9H13N3O2S. The Kier molecular flexibility index (Phi) is 3.27. The molecule has 2 rings (SSSR count). The maximum atomic E-state index is 11.7. The molecule has 5 nitrogen and oxygen atoms in total. The van der Waals surface area contributed by atoms with E-state index in [1.165, 1.54) is 11.3 Å². The van der Waals surface area contributed by atoms with Gasteiger partial charge in [-0.15, -0.1) is 10.2 Å². The summed E-state index contributed by atoms with van der Waals surface area (Å²) in [7, 11) is 0. The molecule has 6 heteroatoms. The zero-order chi connectivity index (χ0) is 10.7. The zero-order valence-corrected chi connectivity index (χ0v) is 9.34. The first-order valence-corrected chi connectivity index (χ1v) is 5.76. The number of hydrogen-bond acceptors (Lipinski definition) is 5. The van der Waals surface area contributed by atoms with E-state index in [4.69, 9.17) is 4.74 Å². The molecule has 1 amide bonds. The van der Waals surface area contributed by atoms with Crippen LogP contribution in [0.3, 0.4) is 0 Å². The van der Waals surface area contributed by atoms with Crippen molar-refractivity contribution in [3.8, 4) is 0 Å². The molecule has 0 aromatic carbocycles. The number of aromatic nitrogens is 2. The number of hydrogen-bond donors (Lipinski definition) is 1. The minimum absolute atomic E-state index is 0.0365. The lowest BCUT2D eigenvalue weighted by Gasteiger charge is -2.20. The van der Waals surface area contributed by atoms with Crippen LogP contribution in [-0.4, -0.2) is 29.3 Å². The van der Waals surface area contributed by atoms with Crippen LogP contribution >= 0.6 is 11.3 Å². The van der Waals surface area contributed by atoms with Gasteiger partial charge in [0, 0.05) is 19.1 Å². The summed E-state index contributed by atoms with van der Waals surface area (Å²) in [6, 6.07) is 0. The smallest absolute Gasteiger partial charge is 0.229 e. The Morgan fingerprint density at radius 3 is 2.80 bits per heavy atom. The third-order valence-electron chi connectivity index (χ3n) is 2.35. The van der Waals surface area contributed by atoms with Crippen LogP contribution < -0.4 is 5.32 Å². The Balaban J connectivity index is 1.91. The molecule has 1 aliphatic rings. The number of nitrogens with zero attached hydrogens (tertiary/aromatic N) is 2. The second kappa shape index (κ2) is 4.67. The van der Waals surface area contributed by atoms with Gasteiger partial charge in [0.05, 0.1) is 0 Å². The summed E-state index contributed by atoms with van der Waals surface area (Å²) >= 11 is 1.39. The normalized spacial score (nSPS) is 17.7. The molecule has 1 saturated heterocycles. The molecular weight excluding hydrogens is 214 g/mol. The Morgan fingerprint density at radius 1 is 1.47 bits per heavy atom. The Bertz CT molecular complexity index is 347. The molecule has 1 fully saturated rings. The van der Waals surface area contributed by atoms with Crippen LogP contribution in [0.2, 0.25) is 0 Å². The van der Waals surface area contributed by atoms with E-state index < -0.39 is 0 Å². The first kappa shape index (κ1) is 10.5. The average molecular weight is 227 g/mol. The average Bonchev–Trinajstić information content (AvgIpc) is 2.65. The standard InChI is InChI=1S/C9H13N3O2S/c1-6-11-12-9(15-6)10-8(13)7-2-4-14-5-3-7/h7H,2-5H2,1H3,(H,10,12,13). The molecule has 15 heavy (non-hydrogen) atoms. The molecule has 0 unspecified atom stereocenters. The first-order valence-electron chi connectivity index (χ1n) is 4.94. The molecule has 1 aromatic rings. The molecule has 1 aromatic heterocycles. The summed E-state index contributed by atoms with van der Waals surface area (Å²) in [4.78, 5) is 11.7. The molecule has 0 atom stereocenters. The third kappa shape index (κ3) is 2.73. The number of anilines is 1. The van der Waals surface area contributed by atoms with Gasteiger partial charge in [-0.2, -0.15) is 0 Å². The maximum absolute atomic E-state index is 11.7. The molecule has 1 aliphatic heterocycles. The van der Waals surface area contributed by atoms with Crippen molar-refractivity contribution in [2.24, 2.45) is 5.92 Å². The van der Waals surface area contributed by atoms with Crippen molar-refractivity contribution >= 4 is 22.4 Å². The van der Waals surface area contributed by atoms with Crippen LogP contribution in [0.4, 0.5) is 5.13 Å². The van der Waals surface area contributed by atoms with Gasteiger partial charge in [-0.1, -0.05) is 11.3 Å². The fourth-order valence-corrected chi connectivity index (χ4v) is 2.11. The highest BCUT2D eigenvalue weighted by Crippen LogP contribution is 2.19. The summed E-state index contributed by atoms with van der Waals surface area (Å²) in [6.45, 7) is 3.21. The summed E-state index contributed by atoms with van der Waals surface area (Å²) in [5.74, 6) is 0.0948. The summed E-state index contributed by atoms with van der Waals surface area (Å²) in [5, 5.41) is 11.9. The SMILES string of the molecule is Cc1nnc(NC(=O)C2CCOCC2)s1. The highest BCUT2D eigenvalue weighted by Gasteiger charge is 2.22. The molecule has 2 heterocycles. The van der Waals surface area contributed by atoms with E-state index in [1.807, 2.05) is 6.92 Å². The van der Waals surface area contributed by atoms with Crippen LogP contribution in [0.15, 0.2) is 0 Å². The lowest BCUT2D eigenvalue weighted by molar-refractivity contribution is -0.122. The van der Waals surface area contributed by atoms with Gasteiger partial charge in [-0.3, -0.25) is 4.79 Å². The Hall–Kier alpha value is -1.01. The van der Waals surface area contributed by atoms with Crippen molar-refractivity contribution in [1.82, 2.24) is 10.2 Å². The zero-order valence-electron chi connectivity index (χ0n) is 8.52. The van der Waals surface area contributed by atoms with E-state index in [0.29, 0.717) is 18.3 Å². The summed E-state index contributed by atoms with van der Waals surface area (Å²) < 4.78 is 5.20. The van der Waals surface area contributed by atoms with Crippen molar-refractivity contribution in [2.75, 3.05) is 18.5 Å². The van der Waals surface area contributed by atoms with Crippen LogP contribution in [0.1, 0.15) is 17.8 Å². The van der Waals surface area contributed by atoms with E-state index in [9.17, 15) is 4.79 Å². The van der Waals surface area contributed by atoms with Gasteiger partial charge in [-0.05, 0) is 19.8 Å². The predicted octanol–water partition coefficient (Wildman–Crippen LogP) is 1.21. The van der Waals surface area contributed by atoms with Crippen LogP contribution in [0.25, 0.3) is 0 Å². The number of nitrogens with one attached hydrogen (secondary N) is 1. The number of rotatable bonds is 2. The largest absolute Gasteiger partial charge is 0.381 e. The van der Waals surface area contributed by atoms with Gasteiger partial charge >= 0.3 is 0 Å². The fourth-order valence-electron chi connectivity index (χ4n) is 1.51. The Morgan fingerprint density at radius 2 is 2.20 bits per heavy atom. The van der Waals surface area contributed by atoms with Crippen molar-refractivity contribution in [1.29, 1.82) is 0 Å². The quantitative estimate of drug-likeness (QED) is 0.824. The van der Waals surface area contributed by atoms with Crippen LogP contribution in [-0.2, 0) is 9.53 Å². The van der Waals surface area contributed by atoms with E-state index in [1.54, 1.807) is 0 Å². The first-order chi connectivity index (χ1) is 7.25. The molecule has 0 bridgehead atoms. The van der Waals surface area contributed by atoms with Gasteiger partial charge in [0.1, 0.15) is 5.01 Å². The number of carbonyl (C=O) groups excluding carboxylic acids is 1. The van der Waals surface area contributed by atoms with Crippen LogP contribution in [0, 0.1) is 12.8 Å².